The van der Waals surface area contributed by atoms with E-state index in [4.69, 9.17) is 23.2 Å². The fourth-order valence-electron chi connectivity index (χ4n) is 2.18. The molecule has 2 atom stereocenters. The summed E-state index contributed by atoms with van der Waals surface area (Å²) in [6.07, 6.45) is 5.28. The van der Waals surface area contributed by atoms with Crippen LogP contribution >= 0.6 is 35.6 Å². The Kier molecular flexibility index (Phi) is 4.59. The Hall–Kier alpha value is 0.790. The monoisotopic (exact) mass is 244 g/mol. The van der Waals surface area contributed by atoms with Gasteiger partial charge in [0.15, 0.2) is 0 Å². The zero-order valence-electron chi connectivity index (χ0n) is 7.30. The molecule has 2 aliphatic rings. The van der Waals surface area contributed by atoms with Gasteiger partial charge in [0.1, 0.15) is 4.84 Å². The Morgan fingerprint density at radius 2 is 1.46 bits per heavy atom. The molecule has 1 aliphatic carbocycles. The number of halogens is 3. The average Bonchev–Trinajstić information content (AvgIpc) is 2.46. The summed E-state index contributed by atoms with van der Waals surface area (Å²) >= 11 is 11.6. The fraction of sp³-hybridized carbons (Fsp3) is 1.00. The molecule has 1 saturated carbocycles. The SMILES string of the molecule is Cl.ClC(Cl)C1NC2CCCCC2N1. The molecule has 5 heteroatoms. The quantitative estimate of drug-likeness (QED) is 0.691. The Balaban J connectivity index is 0.000000845. The fourth-order valence-corrected chi connectivity index (χ4v) is 2.48. The summed E-state index contributed by atoms with van der Waals surface area (Å²) in [6, 6.07) is 1.20. The van der Waals surface area contributed by atoms with E-state index in [0.29, 0.717) is 12.1 Å². The third-order valence-corrected chi connectivity index (χ3v) is 3.31. The van der Waals surface area contributed by atoms with Crippen molar-refractivity contribution in [2.45, 2.75) is 48.8 Å². The number of alkyl halides is 2. The predicted molar refractivity (Wildman–Crippen MR) is 58.8 cm³/mol. The van der Waals surface area contributed by atoms with E-state index in [1.165, 1.54) is 25.7 Å². The maximum absolute atomic E-state index is 5.79. The van der Waals surface area contributed by atoms with Crippen LogP contribution in [-0.2, 0) is 0 Å². The molecule has 1 heterocycles. The molecule has 2 fully saturated rings. The third kappa shape index (κ3) is 2.63. The molecule has 78 valence electrons. The highest BCUT2D eigenvalue weighted by molar-refractivity contribution is 6.44. The van der Waals surface area contributed by atoms with Crippen molar-refractivity contribution in [2.24, 2.45) is 0 Å². The molecule has 0 aromatic heterocycles. The minimum absolute atomic E-state index is 0. The highest BCUT2D eigenvalue weighted by Crippen LogP contribution is 2.25. The third-order valence-electron chi connectivity index (χ3n) is 2.81. The number of hydrogen-bond acceptors (Lipinski definition) is 2. The van der Waals surface area contributed by atoms with Crippen LogP contribution in [0.25, 0.3) is 0 Å². The zero-order valence-corrected chi connectivity index (χ0v) is 9.63. The van der Waals surface area contributed by atoms with Gasteiger partial charge < -0.3 is 0 Å². The number of hydrogen-bond donors (Lipinski definition) is 2. The van der Waals surface area contributed by atoms with Gasteiger partial charge in [-0.3, -0.25) is 10.6 Å². The van der Waals surface area contributed by atoms with Crippen molar-refractivity contribution in [3.8, 4) is 0 Å². The Morgan fingerprint density at radius 1 is 1.00 bits per heavy atom. The molecule has 1 saturated heterocycles. The summed E-state index contributed by atoms with van der Waals surface area (Å²) in [5.41, 5.74) is 0. The second kappa shape index (κ2) is 5.04. The first-order valence-electron chi connectivity index (χ1n) is 4.57. The Bertz CT molecular complexity index is 151. The van der Waals surface area contributed by atoms with Crippen molar-refractivity contribution in [3.63, 3.8) is 0 Å². The molecule has 2 nitrogen and oxygen atoms in total. The van der Waals surface area contributed by atoms with Crippen LogP contribution in [0.3, 0.4) is 0 Å². The summed E-state index contributed by atoms with van der Waals surface area (Å²) in [5, 5.41) is 6.83. The molecular weight excluding hydrogens is 230 g/mol. The zero-order chi connectivity index (χ0) is 8.55. The van der Waals surface area contributed by atoms with E-state index in [-0.39, 0.29) is 23.4 Å². The molecule has 2 rings (SSSR count). The Morgan fingerprint density at radius 3 is 1.85 bits per heavy atom. The highest BCUT2D eigenvalue weighted by atomic mass is 35.5. The number of rotatable bonds is 1. The lowest BCUT2D eigenvalue weighted by Gasteiger charge is -2.23. The normalized spacial score (nSPS) is 38.5. The van der Waals surface area contributed by atoms with Crippen molar-refractivity contribution >= 4 is 35.6 Å². The minimum atomic E-state index is -0.337. The number of fused-ring (bicyclic) bond motifs is 1. The lowest BCUT2D eigenvalue weighted by Crippen LogP contribution is -2.38. The smallest absolute Gasteiger partial charge is 0.136 e. The van der Waals surface area contributed by atoms with Crippen LogP contribution < -0.4 is 10.6 Å². The molecule has 0 bridgehead atoms. The first-order chi connectivity index (χ1) is 5.77. The van der Waals surface area contributed by atoms with Gasteiger partial charge in [-0.15, -0.1) is 35.6 Å². The minimum Gasteiger partial charge on any atom is -0.295 e. The summed E-state index contributed by atoms with van der Waals surface area (Å²) in [6.45, 7) is 0. The van der Waals surface area contributed by atoms with E-state index in [9.17, 15) is 0 Å². The van der Waals surface area contributed by atoms with Gasteiger partial charge in [-0.05, 0) is 12.8 Å². The molecule has 13 heavy (non-hydrogen) atoms. The van der Waals surface area contributed by atoms with Gasteiger partial charge in [-0.2, -0.15) is 0 Å². The maximum Gasteiger partial charge on any atom is 0.136 e. The first kappa shape index (κ1) is 11.9. The van der Waals surface area contributed by atoms with Gasteiger partial charge in [-0.25, -0.2) is 0 Å². The van der Waals surface area contributed by atoms with Gasteiger partial charge in [0.2, 0.25) is 0 Å². The van der Waals surface area contributed by atoms with Crippen LogP contribution in [0.15, 0.2) is 0 Å². The van der Waals surface area contributed by atoms with Gasteiger partial charge in [-0.1, -0.05) is 12.8 Å². The van der Waals surface area contributed by atoms with Crippen molar-refractivity contribution in [1.29, 1.82) is 0 Å². The lowest BCUT2D eigenvalue weighted by molar-refractivity contribution is 0.374. The van der Waals surface area contributed by atoms with E-state index in [0.717, 1.165) is 0 Å². The van der Waals surface area contributed by atoms with E-state index in [1.54, 1.807) is 0 Å². The van der Waals surface area contributed by atoms with Crippen molar-refractivity contribution in [2.75, 3.05) is 0 Å². The lowest BCUT2D eigenvalue weighted by atomic mass is 9.92. The van der Waals surface area contributed by atoms with Crippen LogP contribution in [0.5, 0.6) is 0 Å². The van der Waals surface area contributed by atoms with Crippen LogP contribution in [0.4, 0.5) is 0 Å². The summed E-state index contributed by atoms with van der Waals surface area (Å²) in [4.78, 5) is -0.337. The standard InChI is InChI=1S/C8H14Cl2N2.ClH/c9-7(10)8-11-5-3-1-2-4-6(5)12-8;/h5-8,11-12H,1-4H2;1H. The van der Waals surface area contributed by atoms with Gasteiger partial charge in [0.05, 0.1) is 6.17 Å². The molecule has 2 N–H and O–H groups in total. The van der Waals surface area contributed by atoms with Crippen LogP contribution in [-0.4, -0.2) is 23.1 Å². The molecule has 0 aromatic carbocycles. The van der Waals surface area contributed by atoms with E-state index in [2.05, 4.69) is 10.6 Å². The molecule has 0 amide bonds. The largest absolute Gasteiger partial charge is 0.295 e. The first-order valence-corrected chi connectivity index (χ1v) is 5.45. The molecule has 0 spiro atoms. The van der Waals surface area contributed by atoms with Gasteiger partial charge in [0, 0.05) is 12.1 Å². The summed E-state index contributed by atoms with van der Waals surface area (Å²) < 4.78 is 0. The predicted octanol–water partition coefficient (Wildman–Crippen LogP) is 2.04. The molecule has 2 unspecified atom stereocenters. The second-order valence-electron chi connectivity index (χ2n) is 3.64. The van der Waals surface area contributed by atoms with Crippen molar-refractivity contribution in [3.05, 3.63) is 0 Å². The maximum atomic E-state index is 5.79. The van der Waals surface area contributed by atoms with Crippen LogP contribution in [0.1, 0.15) is 25.7 Å². The van der Waals surface area contributed by atoms with Crippen molar-refractivity contribution in [1.82, 2.24) is 10.6 Å². The van der Waals surface area contributed by atoms with E-state index >= 15 is 0 Å². The van der Waals surface area contributed by atoms with Crippen molar-refractivity contribution < 1.29 is 0 Å². The molecule has 0 radical (unpaired) electrons. The summed E-state index contributed by atoms with van der Waals surface area (Å²) in [5.74, 6) is 0. The average molecular weight is 246 g/mol. The van der Waals surface area contributed by atoms with Gasteiger partial charge >= 0.3 is 0 Å². The Labute approximate surface area is 95.1 Å². The second-order valence-corrected chi connectivity index (χ2v) is 4.81. The molecule has 1 aliphatic heterocycles. The molecular formula is C8H15Cl3N2. The molecule has 0 aromatic rings. The van der Waals surface area contributed by atoms with E-state index < -0.39 is 0 Å². The van der Waals surface area contributed by atoms with Crippen LogP contribution in [0.2, 0.25) is 0 Å². The van der Waals surface area contributed by atoms with Gasteiger partial charge in [0.25, 0.3) is 0 Å². The number of nitrogens with one attached hydrogen (secondary N) is 2. The summed E-state index contributed by atoms with van der Waals surface area (Å²) in [7, 11) is 0. The van der Waals surface area contributed by atoms with Crippen LogP contribution in [0, 0.1) is 0 Å². The highest BCUT2D eigenvalue weighted by Gasteiger charge is 2.36. The topological polar surface area (TPSA) is 24.1 Å². The van der Waals surface area contributed by atoms with E-state index in [1.807, 2.05) is 0 Å².